The van der Waals surface area contributed by atoms with Gasteiger partial charge in [0.1, 0.15) is 0 Å². The Hall–Kier alpha value is -2.33. The number of benzene rings is 1. The van der Waals surface area contributed by atoms with Gasteiger partial charge in [-0.2, -0.15) is 13.2 Å². The Kier molecular flexibility index (Phi) is 8.46. The Morgan fingerprint density at radius 3 is 2.32 bits per heavy atom. The van der Waals surface area contributed by atoms with Crippen LogP contribution in [-0.4, -0.2) is 79.2 Å². The summed E-state index contributed by atoms with van der Waals surface area (Å²) in [5, 5.41) is 16.8. The SMILES string of the molecule is COCCN1CC2(CCCCC2)c2cc(C(=O)N3CCC(O)CC3)ccc21.O=C(O)C(F)(F)F. The van der Waals surface area contributed by atoms with E-state index in [1.807, 2.05) is 11.0 Å². The molecule has 1 aromatic rings. The third-order valence-corrected chi connectivity index (χ3v) is 7.02. The minimum atomic E-state index is -5.08. The molecule has 2 N–H and O–H groups in total. The minimum absolute atomic E-state index is 0.117. The van der Waals surface area contributed by atoms with Crippen LogP contribution in [-0.2, 0) is 14.9 Å². The summed E-state index contributed by atoms with van der Waals surface area (Å²) in [7, 11) is 1.75. The van der Waals surface area contributed by atoms with Crippen molar-refractivity contribution in [2.75, 3.05) is 44.8 Å². The van der Waals surface area contributed by atoms with Crippen LogP contribution in [0.25, 0.3) is 0 Å². The number of carbonyl (C=O) groups is 2. The average molecular weight is 487 g/mol. The number of anilines is 1. The zero-order chi connectivity index (χ0) is 24.9. The number of methoxy groups -OCH3 is 1. The summed E-state index contributed by atoms with van der Waals surface area (Å²) in [6.45, 7) is 4.00. The van der Waals surface area contributed by atoms with Gasteiger partial charge < -0.3 is 24.7 Å². The molecule has 7 nitrogen and oxygen atoms in total. The van der Waals surface area contributed by atoms with Crippen molar-refractivity contribution in [3.05, 3.63) is 29.3 Å². The predicted octanol–water partition coefficient (Wildman–Crippen LogP) is 3.59. The van der Waals surface area contributed by atoms with Crippen LogP contribution in [0, 0.1) is 0 Å². The van der Waals surface area contributed by atoms with Gasteiger partial charge in [-0.3, -0.25) is 4.79 Å². The highest BCUT2D eigenvalue weighted by molar-refractivity contribution is 5.95. The minimum Gasteiger partial charge on any atom is -0.475 e. The fourth-order valence-electron chi connectivity index (χ4n) is 5.21. The molecule has 4 rings (SSSR count). The zero-order valence-electron chi connectivity index (χ0n) is 19.4. The molecule has 0 aromatic heterocycles. The molecular weight excluding hydrogens is 453 g/mol. The molecule has 2 heterocycles. The van der Waals surface area contributed by atoms with Crippen LogP contribution in [0.1, 0.15) is 60.9 Å². The number of nitrogens with zero attached hydrogens (tertiary/aromatic N) is 2. The summed E-state index contributed by atoms with van der Waals surface area (Å²) >= 11 is 0. The van der Waals surface area contributed by atoms with E-state index in [4.69, 9.17) is 14.6 Å². The number of carbonyl (C=O) groups excluding carboxylic acids is 1. The van der Waals surface area contributed by atoms with Crippen molar-refractivity contribution in [2.24, 2.45) is 0 Å². The number of aliphatic hydroxyl groups excluding tert-OH is 1. The molecule has 0 unspecified atom stereocenters. The number of halogens is 3. The van der Waals surface area contributed by atoms with Gasteiger partial charge in [-0.05, 0) is 49.4 Å². The first-order valence-electron chi connectivity index (χ1n) is 11.7. The van der Waals surface area contributed by atoms with Crippen LogP contribution >= 0.6 is 0 Å². The van der Waals surface area contributed by atoms with Gasteiger partial charge in [0.2, 0.25) is 0 Å². The maximum Gasteiger partial charge on any atom is 0.490 e. The van der Waals surface area contributed by atoms with Gasteiger partial charge >= 0.3 is 12.1 Å². The highest BCUT2D eigenvalue weighted by Gasteiger charge is 2.43. The second-order valence-corrected chi connectivity index (χ2v) is 9.31. The van der Waals surface area contributed by atoms with Gasteiger partial charge in [-0.1, -0.05) is 19.3 Å². The number of piperidine rings is 1. The Bertz CT molecular complexity index is 863. The van der Waals surface area contributed by atoms with Crippen LogP contribution in [0.2, 0.25) is 0 Å². The molecule has 2 fully saturated rings. The molecule has 3 aliphatic rings. The smallest absolute Gasteiger partial charge is 0.475 e. The molecule has 1 saturated carbocycles. The van der Waals surface area contributed by atoms with Crippen molar-refractivity contribution in [3.8, 4) is 0 Å². The van der Waals surface area contributed by atoms with E-state index in [-0.39, 0.29) is 17.4 Å². The molecule has 1 amide bonds. The van der Waals surface area contributed by atoms with E-state index < -0.39 is 12.1 Å². The largest absolute Gasteiger partial charge is 0.490 e. The number of aliphatic carboxylic acids is 1. The first-order chi connectivity index (χ1) is 16.1. The maximum absolute atomic E-state index is 13.0. The molecule has 0 bridgehead atoms. The van der Waals surface area contributed by atoms with Crippen LogP contribution in [0.4, 0.5) is 18.9 Å². The molecule has 0 atom stereocenters. The maximum atomic E-state index is 13.0. The molecule has 1 aromatic carbocycles. The Morgan fingerprint density at radius 2 is 1.76 bits per heavy atom. The second-order valence-electron chi connectivity index (χ2n) is 9.31. The van der Waals surface area contributed by atoms with E-state index in [2.05, 4.69) is 17.0 Å². The molecule has 2 aliphatic heterocycles. The van der Waals surface area contributed by atoms with E-state index in [9.17, 15) is 23.1 Å². The number of hydrogen-bond donors (Lipinski definition) is 2. The highest BCUT2D eigenvalue weighted by Crippen LogP contribution is 2.49. The number of aliphatic hydroxyl groups is 1. The molecule has 34 heavy (non-hydrogen) atoms. The number of carboxylic acid groups (broad SMARTS) is 1. The standard InChI is InChI=1S/C22H32N2O3.C2HF3O2/c1-27-14-13-24-16-22(9-3-2-4-10-22)19-15-17(5-6-20(19)24)21(26)23-11-7-18(25)8-12-23;3-2(4,5)1(6)7/h5-6,15,18,25H,2-4,7-14,16H2,1H3;(H,6,7). The molecule has 10 heteroatoms. The van der Waals surface area contributed by atoms with E-state index in [1.54, 1.807) is 7.11 Å². The first kappa shape index (κ1) is 26.3. The third kappa shape index (κ3) is 6.02. The van der Waals surface area contributed by atoms with Gasteiger partial charge in [0.05, 0.1) is 12.7 Å². The number of likely N-dealkylation sites (tertiary alicyclic amines) is 1. The highest BCUT2D eigenvalue weighted by atomic mass is 19.4. The fraction of sp³-hybridized carbons (Fsp3) is 0.667. The lowest BCUT2D eigenvalue weighted by Gasteiger charge is -2.35. The molecule has 1 saturated heterocycles. The van der Waals surface area contributed by atoms with Crippen molar-refractivity contribution < 1.29 is 37.7 Å². The Morgan fingerprint density at radius 1 is 1.15 bits per heavy atom. The fourth-order valence-corrected chi connectivity index (χ4v) is 5.21. The number of rotatable bonds is 4. The summed E-state index contributed by atoms with van der Waals surface area (Å²) in [5.74, 6) is -2.64. The number of amides is 1. The summed E-state index contributed by atoms with van der Waals surface area (Å²) in [4.78, 5) is 26.3. The van der Waals surface area contributed by atoms with Crippen LogP contribution in [0.15, 0.2) is 18.2 Å². The lowest BCUT2D eigenvalue weighted by Crippen LogP contribution is -2.40. The molecular formula is C24H33F3N2O5. The van der Waals surface area contributed by atoms with Crippen LogP contribution in [0.3, 0.4) is 0 Å². The lowest BCUT2D eigenvalue weighted by atomic mass is 9.70. The van der Waals surface area contributed by atoms with Gasteiger partial charge in [0.15, 0.2) is 0 Å². The van der Waals surface area contributed by atoms with E-state index in [1.165, 1.54) is 43.4 Å². The van der Waals surface area contributed by atoms with Gasteiger partial charge in [-0.15, -0.1) is 0 Å². The van der Waals surface area contributed by atoms with Crippen molar-refractivity contribution in [2.45, 2.75) is 62.6 Å². The van der Waals surface area contributed by atoms with Crippen LogP contribution in [0.5, 0.6) is 0 Å². The molecule has 190 valence electrons. The monoisotopic (exact) mass is 486 g/mol. The van der Waals surface area contributed by atoms with E-state index in [0.717, 1.165) is 25.3 Å². The van der Waals surface area contributed by atoms with Crippen molar-refractivity contribution in [1.82, 2.24) is 4.90 Å². The Balaban J connectivity index is 0.000000406. The van der Waals surface area contributed by atoms with Gasteiger partial charge in [0.25, 0.3) is 5.91 Å². The molecule has 1 spiro atoms. The normalized spacial score (nSPS) is 20.0. The van der Waals surface area contributed by atoms with Crippen molar-refractivity contribution >= 4 is 17.6 Å². The molecule has 0 radical (unpaired) electrons. The van der Waals surface area contributed by atoms with Crippen molar-refractivity contribution in [1.29, 1.82) is 0 Å². The first-order valence-corrected chi connectivity index (χ1v) is 11.7. The third-order valence-electron chi connectivity index (χ3n) is 7.02. The predicted molar refractivity (Wildman–Crippen MR) is 120 cm³/mol. The number of fused-ring (bicyclic) bond motifs is 2. The quantitative estimate of drug-likeness (QED) is 0.676. The number of hydrogen-bond acceptors (Lipinski definition) is 5. The van der Waals surface area contributed by atoms with Gasteiger partial charge in [0, 0.05) is 50.0 Å². The molecule has 1 aliphatic carbocycles. The van der Waals surface area contributed by atoms with E-state index in [0.29, 0.717) is 25.9 Å². The zero-order valence-corrected chi connectivity index (χ0v) is 19.4. The lowest BCUT2D eigenvalue weighted by molar-refractivity contribution is -0.192. The summed E-state index contributed by atoms with van der Waals surface area (Å²) < 4.78 is 37.1. The number of ether oxygens (including phenoxy) is 1. The van der Waals surface area contributed by atoms with Crippen molar-refractivity contribution in [3.63, 3.8) is 0 Å². The number of carboxylic acids is 1. The van der Waals surface area contributed by atoms with E-state index >= 15 is 0 Å². The summed E-state index contributed by atoms with van der Waals surface area (Å²) in [6.07, 6.45) is 2.35. The summed E-state index contributed by atoms with van der Waals surface area (Å²) in [6, 6.07) is 6.33. The average Bonchev–Trinajstić information content (AvgIpc) is 3.10. The van der Waals surface area contributed by atoms with Gasteiger partial charge in [-0.25, -0.2) is 4.79 Å². The second kappa shape index (κ2) is 10.9. The Labute approximate surface area is 197 Å². The number of alkyl halides is 3. The topological polar surface area (TPSA) is 90.3 Å². The summed E-state index contributed by atoms with van der Waals surface area (Å²) in [5.41, 5.74) is 3.68. The van der Waals surface area contributed by atoms with Crippen LogP contribution < -0.4 is 4.90 Å².